The number of hydrogen-bond donors (Lipinski definition) is 1. The number of aryl methyl sites for hydroxylation is 1. The van der Waals surface area contributed by atoms with Crippen molar-refractivity contribution in [2.45, 2.75) is 25.7 Å². The molecular weight excluding hydrogens is 401 g/mol. The van der Waals surface area contributed by atoms with E-state index in [-0.39, 0.29) is 30.2 Å². The van der Waals surface area contributed by atoms with Crippen LogP contribution >= 0.6 is 0 Å². The van der Waals surface area contributed by atoms with Gasteiger partial charge in [-0.15, -0.1) is 0 Å². The molecule has 3 aromatic rings. The first-order valence-corrected chi connectivity index (χ1v) is 9.04. The van der Waals surface area contributed by atoms with E-state index in [1.54, 1.807) is 29.4 Å². The molecule has 1 aromatic carbocycles. The maximum atomic E-state index is 13.0. The van der Waals surface area contributed by atoms with Gasteiger partial charge in [-0.3, -0.25) is 9.59 Å². The molecule has 0 radical (unpaired) electrons. The highest BCUT2D eigenvalue weighted by atomic mass is 19.4. The molecule has 2 heterocycles. The van der Waals surface area contributed by atoms with Gasteiger partial charge in [-0.05, 0) is 30.3 Å². The molecule has 0 atom stereocenters. The van der Waals surface area contributed by atoms with Crippen LogP contribution in [-0.2, 0) is 17.9 Å². The van der Waals surface area contributed by atoms with Gasteiger partial charge in [0, 0.05) is 36.6 Å². The summed E-state index contributed by atoms with van der Waals surface area (Å²) in [7, 11) is 0. The molecule has 0 unspecified atom stereocenters. The fourth-order valence-corrected chi connectivity index (χ4v) is 2.79. The summed E-state index contributed by atoms with van der Waals surface area (Å²) in [6, 6.07) is 8.83. The zero-order chi connectivity index (χ0) is 21.6. The van der Waals surface area contributed by atoms with E-state index in [4.69, 9.17) is 4.42 Å². The number of nitrogens with zero attached hydrogens (tertiary/aromatic N) is 3. The number of amides is 2. The Kier molecular flexibility index (Phi) is 6.55. The Morgan fingerprint density at radius 3 is 2.70 bits per heavy atom. The summed E-state index contributed by atoms with van der Waals surface area (Å²) in [5, 5.41) is 2.65. The maximum Gasteiger partial charge on any atom is 0.406 e. The van der Waals surface area contributed by atoms with Crippen molar-refractivity contribution in [1.82, 2.24) is 14.5 Å². The normalized spacial score (nSPS) is 11.3. The van der Waals surface area contributed by atoms with Gasteiger partial charge >= 0.3 is 6.18 Å². The monoisotopic (exact) mass is 420 g/mol. The Labute approximate surface area is 170 Å². The molecule has 0 aliphatic carbocycles. The van der Waals surface area contributed by atoms with Crippen LogP contribution in [0.25, 0.3) is 0 Å². The molecule has 158 valence electrons. The van der Waals surface area contributed by atoms with Crippen molar-refractivity contribution in [3.63, 3.8) is 0 Å². The Morgan fingerprint density at radius 2 is 2.03 bits per heavy atom. The lowest BCUT2D eigenvalue weighted by atomic mass is 10.1. The quantitative estimate of drug-likeness (QED) is 0.603. The van der Waals surface area contributed by atoms with E-state index < -0.39 is 18.6 Å². The average molecular weight is 420 g/mol. The van der Waals surface area contributed by atoms with Crippen LogP contribution in [0.15, 0.2) is 65.8 Å². The van der Waals surface area contributed by atoms with Gasteiger partial charge in [-0.2, -0.15) is 13.2 Å². The molecule has 0 saturated carbocycles. The van der Waals surface area contributed by atoms with Crippen molar-refractivity contribution >= 4 is 17.5 Å². The number of carbonyl (C=O) groups excluding carboxylic acids is 2. The fourth-order valence-electron chi connectivity index (χ4n) is 2.79. The van der Waals surface area contributed by atoms with E-state index >= 15 is 0 Å². The summed E-state index contributed by atoms with van der Waals surface area (Å²) in [6.07, 6.45) is 1.84. The smallest absolute Gasteiger partial charge is 0.406 e. The van der Waals surface area contributed by atoms with Crippen molar-refractivity contribution < 1.29 is 27.2 Å². The molecule has 1 N–H and O–H groups in total. The minimum atomic E-state index is -4.57. The van der Waals surface area contributed by atoms with Crippen LogP contribution in [0.5, 0.6) is 0 Å². The third-order valence-electron chi connectivity index (χ3n) is 4.13. The van der Waals surface area contributed by atoms with Crippen molar-refractivity contribution in [2.75, 3.05) is 11.9 Å². The number of rotatable bonds is 8. The number of nitrogens with one attached hydrogen (secondary N) is 1. The SMILES string of the molecule is O=C(CCn1ccnc1)Nc1cccc(C(=O)N(Cc2ccco2)CC(F)(F)F)c1. The minimum absolute atomic E-state index is 0.0261. The van der Waals surface area contributed by atoms with Gasteiger partial charge < -0.3 is 19.2 Å². The average Bonchev–Trinajstić information content (AvgIpc) is 3.38. The molecule has 0 spiro atoms. The first-order chi connectivity index (χ1) is 14.3. The maximum absolute atomic E-state index is 13.0. The van der Waals surface area contributed by atoms with Gasteiger partial charge in [0.25, 0.3) is 5.91 Å². The Balaban J connectivity index is 1.68. The second-order valence-electron chi connectivity index (χ2n) is 6.54. The van der Waals surface area contributed by atoms with E-state index in [2.05, 4.69) is 10.3 Å². The number of halogens is 3. The molecule has 2 aromatic heterocycles. The molecule has 0 bridgehead atoms. The molecule has 0 aliphatic heterocycles. The standard InChI is InChI=1S/C20H19F3N4O3/c21-20(22,23)13-27(12-17-5-2-10-30-17)19(29)15-3-1-4-16(11-15)25-18(28)6-8-26-9-7-24-14-26/h1-5,7,9-11,14H,6,8,12-13H2,(H,25,28). The van der Waals surface area contributed by atoms with Crippen molar-refractivity contribution in [3.05, 3.63) is 72.7 Å². The largest absolute Gasteiger partial charge is 0.467 e. The first kappa shape index (κ1) is 21.2. The number of furan rings is 1. The first-order valence-electron chi connectivity index (χ1n) is 9.04. The Morgan fingerprint density at radius 1 is 1.20 bits per heavy atom. The van der Waals surface area contributed by atoms with Crippen LogP contribution in [0.1, 0.15) is 22.5 Å². The summed E-state index contributed by atoms with van der Waals surface area (Å²) in [4.78, 5) is 29.4. The van der Waals surface area contributed by atoms with Gasteiger partial charge in [-0.1, -0.05) is 6.07 Å². The van der Waals surface area contributed by atoms with Crippen molar-refractivity contribution in [2.24, 2.45) is 0 Å². The summed E-state index contributed by atoms with van der Waals surface area (Å²) in [6.45, 7) is -1.33. The van der Waals surface area contributed by atoms with Crippen molar-refractivity contribution in [1.29, 1.82) is 0 Å². The molecular formula is C20H19F3N4O3. The highest BCUT2D eigenvalue weighted by molar-refractivity contribution is 5.97. The second kappa shape index (κ2) is 9.29. The lowest BCUT2D eigenvalue weighted by molar-refractivity contribution is -0.142. The summed E-state index contributed by atoms with van der Waals surface area (Å²) in [5.74, 6) is -0.883. The van der Waals surface area contributed by atoms with E-state index in [9.17, 15) is 22.8 Å². The third kappa shape index (κ3) is 6.23. The van der Waals surface area contributed by atoms with E-state index in [1.165, 1.54) is 36.6 Å². The van der Waals surface area contributed by atoms with Gasteiger partial charge in [-0.25, -0.2) is 4.98 Å². The van der Waals surface area contributed by atoms with Crippen LogP contribution in [-0.4, -0.2) is 39.0 Å². The molecule has 30 heavy (non-hydrogen) atoms. The molecule has 0 fully saturated rings. The molecule has 2 amide bonds. The Hall–Kier alpha value is -3.56. The number of alkyl halides is 3. The number of anilines is 1. The van der Waals surface area contributed by atoms with Gasteiger partial charge in [0.05, 0.1) is 19.1 Å². The highest BCUT2D eigenvalue weighted by Gasteiger charge is 2.34. The zero-order valence-corrected chi connectivity index (χ0v) is 15.8. The predicted molar refractivity (Wildman–Crippen MR) is 101 cm³/mol. The predicted octanol–water partition coefficient (Wildman–Crippen LogP) is 3.71. The lowest BCUT2D eigenvalue weighted by Gasteiger charge is -2.23. The van der Waals surface area contributed by atoms with Gasteiger partial charge in [0.1, 0.15) is 12.3 Å². The zero-order valence-electron chi connectivity index (χ0n) is 15.8. The second-order valence-corrected chi connectivity index (χ2v) is 6.54. The Bertz CT molecular complexity index is 970. The van der Waals surface area contributed by atoms with Crippen LogP contribution < -0.4 is 5.32 Å². The number of imidazole rings is 1. The van der Waals surface area contributed by atoms with Crippen molar-refractivity contribution in [3.8, 4) is 0 Å². The van der Waals surface area contributed by atoms with Crippen LogP contribution in [0.3, 0.4) is 0 Å². The summed E-state index contributed by atoms with van der Waals surface area (Å²) >= 11 is 0. The highest BCUT2D eigenvalue weighted by Crippen LogP contribution is 2.21. The van der Waals surface area contributed by atoms with E-state index in [0.29, 0.717) is 17.1 Å². The number of carbonyl (C=O) groups is 2. The summed E-state index contributed by atoms with van der Waals surface area (Å²) in [5.41, 5.74) is 0.347. The molecule has 7 nitrogen and oxygen atoms in total. The molecule has 0 aliphatic rings. The number of hydrogen-bond acceptors (Lipinski definition) is 4. The topological polar surface area (TPSA) is 80.4 Å². The summed E-state index contributed by atoms with van der Waals surface area (Å²) < 4.78 is 45.7. The number of aromatic nitrogens is 2. The minimum Gasteiger partial charge on any atom is -0.467 e. The molecule has 10 heteroatoms. The van der Waals surface area contributed by atoms with Crippen LogP contribution in [0.4, 0.5) is 18.9 Å². The number of benzene rings is 1. The third-order valence-corrected chi connectivity index (χ3v) is 4.13. The van der Waals surface area contributed by atoms with E-state index in [0.717, 1.165) is 0 Å². The van der Waals surface area contributed by atoms with Gasteiger partial charge in [0.15, 0.2) is 0 Å². The van der Waals surface area contributed by atoms with Crippen LogP contribution in [0, 0.1) is 0 Å². The van der Waals surface area contributed by atoms with E-state index in [1.807, 2.05) is 0 Å². The molecule has 0 saturated heterocycles. The lowest BCUT2D eigenvalue weighted by Crippen LogP contribution is -2.38. The molecule has 3 rings (SSSR count). The van der Waals surface area contributed by atoms with Crippen LogP contribution in [0.2, 0.25) is 0 Å². The van der Waals surface area contributed by atoms with Gasteiger partial charge in [0.2, 0.25) is 5.91 Å². The fraction of sp³-hybridized carbons (Fsp3) is 0.250.